The quantitative estimate of drug-likeness (QED) is 0.867. The smallest absolute Gasteiger partial charge is 0.224 e. The van der Waals surface area contributed by atoms with Crippen molar-refractivity contribution in [3.05, 3.63) is 54.1 Å². The van der Waals surface area contributed by atoms with E-state index in [4.69, 9.17) is 4.74 Å². The van der Waals surface area contributed by atoms with Gasteiger partial charge in [0.1, 0.15) is 5.75 Å². The van der Waals surface area contributed by atoms with Crippen molar-refractivity contribution >= 4 is 17.3 Å². The van der Waals surface area contributed by atoms with Gasteiger partial charge in [-0.1, -0.05) is 30.3 Å². The Morgan fingerprint density at radius 3 is 2.50 bits per heavy atom. The first kappa shape index (κ1) is 18.3. The van der Waals surface area contributed by atoms with Crippen LogP contribution in [0.2, 0.25) is 0 Å². The second-order valence-electron chi connectivity index (χ2n) is 6.71. The van der Waals surface area contributed by atoms with Crippen LogP contribution in [0.5, 0.6) is 5.75 Å². The molecule has 0 aliphatic carbocycles. The fourth-order valence-corrected chi connectivity index (χ4v) is 3.17. The summed E-state index contributed by atoms with van der Waals surface area (Å²) >= 11 is 0. The highest BCUT2D eigenvalue weighted by Gasteiger charge is 2.16. The number of rotatable bonds is 6. The zero-order valence-electron chi connectivity index (χ0n) is 15.6. The molecule has 0 radical (unpaired) electrons. The first-order valence-electron chi connectivity index (χ1n) is 9.11. The molecule has 26 heavy (non-hydrogen) atoms. The molecule has 0 atom stereocenters. The number of methoxy groups -OCH3 is 1. The number of nitrogens with zero attached hydrogens (tertiary/aromatic N) is 2. The van der Waals surface area contributed by atoms with Crippen molar-refractivity contribution in [2.45, 2.75) is 12.8 Å². The molecule has 1 amide bonds. The summed E-state index contributed by atoms with van der Waals surface area (Å²) in [6.07, 6.45) is 1.18. The molecule has 2 aromatic rings. The van der Waals surface area contributed by atoms with Gasteiger partial charge in [0.15, 0.2) is 0 Å². The molecule has 1 heterocycles. The third-order valence-electron chi connectivity index (χ3n) is 4.81. The van der Waals surface area contributed by atoms with Gasteiger partial charge in [-0.3, -0.25) is 4.79 Å². The van der Waals surface area contributed by atoms with Gasteiger partial charge >= 0.3 is 0 Å². The van der Waals surface area contributed by atoms with E-state index < -0.39 is 0 Å². The topological polar surface area (TPSA) is 44.8 Å². The second-order valence-corrected chi connectivity index (χ2v) is 6.71. The van der Waals surface area contributed by atoms with Gasteiger partial charge in [-0.05, 0) is 37.2 Å². The van der Waals surface area contributed by atoms with E-state index in [0.29, 0.717) is 12.2 Å². The number of carbonyl (C=O) groups excluding carboxylic acids is 1. The number of benzene rings is 2. The zero-order chi connectivity index (χ0) is 18.4. The van der Waals surface area contributed by atoms with Crippen molar-refractivity contribution in [2.75, 3.05) is 50.6 Å². The Morgan fingerprint density at radius 2 is 1.81 bits per heavy atom. The van der Waals surface area contributed by atoms with Crippen LogP contribution >= 0.6 is 0 Å². The maximum absolute atomic E-state index is 12.4. The molecular formula is C21H27N3O2. The van der Waals surface area contributed by atoms with Crippen LogP contribution in [-0.4, -0.2) is 51.1 Å². The van der Waals surface area contributed by atoms with E-state index in [1.54, 1.807) is 7.11 Å². The van der Waals surface area contributed by atoms with E-state index in [9.17, 15) is 4.79 Å². The van der Waals surface area contributed by atoms with Gasteiger partial charge in [-0.2, -0.15) is 0 Å². The first-order chi connectivity index (χ1) is 12.7. The van der Waals surface area contributed by atoms with Crippen LogP contribution in [0.4, 0.5) is 11.4 Å². The van der Waals surface area contributed by atoms with E-state index in [0.717, 1.165) is 44.0 Å². The molecule has 138 valence electrons. The standard InChI is InChI=1S/C21H27N3O2/c1-23-12-14-24(15-13-23)18-9-10-20(26-2)19(16-18)22-21(25)11-8-17-6-4-3-5-7-17/h3-7,9-10,16H,8,11-15H2,1-2H3,(H,22,25). The number of piperazine rings is 1. The average Bonchev–Trinajstić information content (AvgIpc) is 2.68. The van der Waals surface area contributed by atoms with Crippen molar-refractivity contribution in [1.29, 1.82) is 0 Å². The monoisotopic (exact) mass is 353 g/mol. The number of anilines is 2. The van der Waals surface area contributed by atoms with Crippen molar-refractivity contribution in [1.82, 2.24) is 4.90 Å². The van der Waals surface area contributed by atoms with Crippen molar-refractivity contribution in [3.63, 3.8) is 0 Å². The maximum Gasteiger partial charge on any atom is 0.224 e. The average molecular weight is 353 g/mol. The lowest BCUT2D eigenvalue weighted by atomic mass is 10.1. The number of ether oxygens (including phenoxy) is 1. The molecule has 5 heteroatoms. The van der Waals surface area contributed by atoms with Crippen molar-refractivity contribution in [3.8, 4) is 5.75 Å². The van der Waals surface area contributed by atoms with Gasteiger partial charge in [0.25, 0.3) is 0 Å². The summed E-state index contributed by atoms with van der Waals surface area (Å²) < 4.78 is 5.43. The molecule has 0 bridgehead atoms. The Balaban J connectivity index is 1.65. The normalized spacial score (nSPS) is 14.9. The minimum atomic E-state index is 0.00248. The zero-order valence-corrected chi connectivity index (χ0v) is 15.6. The molecule has 1 saturated heterocycles. The van der Waals surface area contributed by atoms with Crippen LogP contribution in [0.25, 0.3) is 0 Å². The van der Waals surface area contributed by atoms with E-state index in [1.807, 2.05) is 42.5 Å². The highest BCUT2D eigenvalue weighted by Crippen LogP contribution is 2.30. The maximum atomic E-state index is 12.4. The summed E-state index contributed by atoms with van der Waals surface area (Å²) in [5.74, 6) is 0.693. The minimum absolute atomic E-state index is 0.00248. The van der Waals surface area contributed by atoms with Gasteiger partial charge in [0.2, 0.25) is 5.91 Å². The van der Waals surface area contributed by atoms with Crippen LogP contribution in [0.15, 0.2) is 48.5 Å². The number of carbonyl (C=O) groups is 1. The Morgan fingerprint density at radius 1 is 1.08 bits per heavy atom. The minimum Gasteiger partial charge on any atom is -0.495 e. The van der Waals surface area contributed by atoms with E-state index in [2.05, 4.69) is 28.2 Å². The Hall–Kier alpha value is -2.53. The molecule has 1 aliphatic heterocycles. The Kier molecular flexibility index (Phi) is 6.12. The number of hydrogen-bond donors (Lipinski definition) is 1. The predicted molar refractivity (Wildman–Crippen MR) is 106 cm³/mol. The molecular weight excluding hydrogens is 326 g/mol. The molecule has 1 N–H and O–H groups in total. The summed E-state index contributed by atoms with van der Waals surface area (Å²) in [7, 11) is 3.77. The Bertz CT molecular complexity index is 725. The highest BCUT2D eigenvalue weighted by atomic mass is 16.5. The number of nitrogens with one attached hydrogen (secondary N) is 1. The van der Waals surface area contributed by atoms with Gasteiger partial charge in [-0.25, -0.2) is 0 Å². The molecule has 2 aromatic carbocycles. The van der Waals surface area contributed by atoms with Crippen molar-refractivity contribution < 1.29 is 9.53 Å². The molecule has 3 rings (SSSR count). The van der Waals surface area contributed by atoms with E-state index >= 15 is 0 Å². The van der Waals surface area contributed by atoms with Crippen LogP contribution in [-0.2, 0) is 11.2 Å². The second kappa shape index (κ2) is 8.72. The number of aryl methyl sites for hydroxylation is 1. The number of likely N-dealkylation sites (N-methyl/N-ethyl adjacent to an activating group) is 1. The van der Waals surface area contributed by atoms with E-state index in [-0.39, 0.29) is 5.91 Å². The summed E-state index contributed by atoms with van der Waals surface area (Å²) in [4.78, 5) is 17.1. The fourth-order valence-electron chi connectivity index (χ4n) is 3.17. The summed E-state index contributed by atoms with van der Waals surface area (Å²) in [6.45, 7) is 4.07. The van der Waals surface area contributed by atoms with Crippen LogP contribution < -0.4 is 15.0 Å². The summed E-state index contributed by atoms with van der Waals surface area (Å²) in [5, 5.41) is 3.02. The highest BCUT2D eigenvalue weighted by molar-refractivity contribution is 5.93. The fraction of sp³-hybridized carbons (Fsp3) is 0.381. The molecule has 0 spiro atoms. The van der Waals surface area contributed by atoms with Gasteiger partial charge < -0.3 is 19.9 Å². The lowest BCUT2D eigenvalue weighted by Crippen LogP contribution is -2.44. The van der Waals surface area contributed by atoms with Crippen LogP contribution in [0.3, 0.4) is 0 Å². The SMILES string of the molecule is COc1ccc(N2CCN(C)CC2)cc1NC(=O)CCc1ccccc1. The lowest BCUT2D eigenvalue weighted by molar-refractivity contribution is -0.116. The lowest BCUT2D eigenvalue weighted by Gasteiger charge is -2.34. The largest absolute Gasteiger partial charge is 0.495 e. The van der Waals surface area contributed by atoms with Crippen LogP contribution in [0, 0.1) is 0 Å². The first-order valence-corrected chi connectivity index (χ1v) is 9.11. The van der Waals surface area contributed by atoms with Gasteiger partial charge in [0.05, 0.1) is 12.8 Å². The number of hydrogen-bond acceptors (Lipinski definition) is 4. The third-order valence-corrected chi connectivity index (χ3v) is 4.81. The van der Waals surface area contributed by atoms with Gasteiger partial charge in [-0.15, -0.1) is 0 Å². The van der Waals surface area contributed by atoms with Crippen molar-refractivity contribution in [2.24, 2.45) is 0 Å². The van der Waals surface area contributed by atoms with Crippen LogP contribution in [0.1, 0.15) is 12.0 Å². The third kappa shape index (κ3) is 4.76. The predicted octanol–water partition coefficient (Wildman–Crippen LogP) is 3.02. The molecule has 1 fully saturated rings. The Labute approximate surface area is 155 Å². The summed E-state index contributed by atoms with van der Waals surface area (Å²) in [5.41, 5.74) is 3.03. The van der Waals surface area contributed by atoms with Gasteiger partial charge in [0, 0.05) is 38.3 Å². The molecule has 5 nitrogen and oxygen atoms in total. The summed E-state index contributed by atoms with van der Waals surface area (Å²) in [6, 6.07) is 16.1. The molecule has 1 aliphatic rings. The molecule has 0 aromatic heterocycles. The number of amides is 1. The molecule has 0 saturated carbocycles. The molecule has 0 unspecified atom stereocenters. The van der Waals surface area contributed by atoms with E-state index in [1.165, 1.54) is 5.56 Å².